The average Bonchev–Trinajstić information content (AvgIpc) is 3.51. The lowest BCUT2D eigenvalue weighted by molar-refractivity contribution is 0.0818. The third kappa shape index (κ3) is 4.21. The largest absolute Gasteiger partial charge is 0.484 e. The SMILES string of the molecule is CCc1nnc(C(C)C)n1-c1ccc(O[C@H]2c3cc(Cl)cc(F)c3C[C@@H]2N2CC[C@@H](O)C2)cc1. The Labute approximate surface area is 204 Å². The van der Waals surface area contributed by atoms with Crippen LogP contribution in [0.15, 0.2) is 36.4 Å². The van der Waals surface area contributed by atoms with Gasteiger partial charge in [0.1, 0.15) is 29.3 Å². The molecule has 1 saturated heterocycles. The molecule has 3 aromatic rings. The van der Waals surface area contributed by atoms with Crippen LogP contribution in [0.2, 0.25) is 5.02 Å². The van der Waals surface area contributed by atoms with E-state index >= 15 is 0 Å². The number of fused-ring (bicyclic) bond motifs is 1. The minimum atomic E-state index is -0.369. The maximum Gasteiger partial charge on any atom is 0.140 e. The Morgan fingerprint density at radius 2 is 1.97 bits per heavy atom. The van der Waals surface area contributed by atoms with Crippen molar-refractivity contribution >= 4 is 11.6 Å². The number of rotatable bonds is 6. The van der Waals surface area contributed by atoms with Gasteiger partial charge in [0.2, 0.25) is 0 Å². The summed E-state index contributed by atoms with van der Waals surface area (Å²) >= 11 is 6.21. The van der Waals surface area contributed by atoms with Gasteiger partial charge >= 0.3 is 0 Å². The highest BCUT2D eigenvalue weighted by Crippen LogP contribution is 2.41. The lowest BCUT2D eigenvalue weighted by Crippen LogP contribution is -2.39. The molecule has 5 rings (SSSR count). The fraction of sp³-hybridized carbons (Fsp3) is 0.462. The number of aliphatic hydroxyl groups excluding tert-OH is 1. The third-order valence-electron chi connectivity index (χ3n) is 6.87. The van der Waals surface area contributed by atoms with Crippen LogP contribution in [0.4, 0.5) is 4.39 Å². The van der Waals surface area contributed by atoms with Gasteiger partial charge in [0.05, 0.1) is 12.1 Å². The van der Waals surface area contributed by atoms with Crippen molar-refractivity contribution in [2.75, 3.05) is 13.1 Å². The molecule has 3 atom stereocenters. The Balaban J connectivity index is 1.45. The predicted octanol–water partition coefficient (Wildman–Crippen LogP) is 4.86. The molecule has 0 unspecified atom stereocenters. The van der Waals surface area contributed by atoms with Crippen molar-refractivity contribution in [2.45, 2.75) is 64.2 Å². The van der Waals surface area contributed by atoms with Crippen molar-refractivity contribution in [3.05, 3.63) is 70.0 Å². The molecule has 0 radical (unpaired) electrons. The Morgan fingerprint density at radius 1 is 1.21 bits per heavy atom. The second-order valence-corrected chi connectivity index (χ2v) is 9.95. The molecule has 1 aromatic heterocycles. The first-order chi connectivity index (χ1) is 16.4. The first-order valence-corrected chi connectivity index (χ1v) is 12.3. The van der Waals surface area contributed by atoms with Crippen LogP contribution in [0.25, 0.3) is 5.69 Å². The number of hydrogen-bond donors (Lipinski definition) is 1. The molecule has 1 N–H and O–H groups in total. The summed E-state index contributed by atoms with van der Waals surface area (Å²) < 4.78 is 23.4. The molecule has 1 aliphatic heterocycles. The zero-order chi connectivity index (χ0) is 24.0. The van der Waals surface area contributed by atoms with Crippen LogP contribution < -0.4 is 4.74 Å². The Hall–Kier alpha value is -2.48. The number of likely N-dealkylation sites (tertiary alicyclic amines) is 1. The molecular formula is C26H30ClFN4O2. The molecule has 0 amide bonds. The van der Waals surface area contributed by atoms with E-state index in [9.17, 15) is 9.50 Å². The molecule has 0 bridgehead atoms. The van der Waals surface area contributed by atoms with Crippen LogP contribution >= 0.6 is 11.6 Å². The van der Waals surface area contributed by atoms with Gasteiger partial charge in [0.15, 0.2) is 0 Å². The van der Waals surface area contributed by atoms with Crippen molar-refractivity contribution in [3.8, 4) is 11.4 Å². The van der Waals surface area contributed by atoms with E-state index < -0.39 is 0 Å². The highest BCUT2D eigenvalue weighted by molar-refractivity contribution is 6.30. The molecule has 2 heterocycles. The number of nitrogens with zero attached hydrogens (tertiary/aromatic N) is 4. The summed E-state index contributed by atoms with van der Waals surface area (Å²) in [7, 11) is 0. The molecule has 1 aliphatic carbocycles. The molecule has 180 valence electrons. The van der Waals surface area contributed by atoms with Gasteiger partial charge in [-0.2, -0.15) is 0 Å². The second kappa shape index (κ2) is 9.29. The Kier molecular flexibility index (Phi) is 6.35. The molecule has 34 heavy (non-hydrogen) atoms. The fourth-order valence-corrected chi connectivity index (χ4v) is 5.40. The molecule has 6 nitrogen and oxygen atoms in total. The topological polar surface area (TPSA) is 63.4 Å². The lowest BCUT2D eigenvalue weighted by atomic mass is 10.1. The molecule has 1 fully saturated rings. The summed E-state index contributed by atoms with van der Waals surface area (Å²) in [6, 6.07) is 11.0. The number of β-amino-alcohol motifs (C(OH)–C–C–N with tert-alkyl or cyclic N) is 1. The maximum atomic E-state index is 14.8. The van der Waals surface area contributed by atoms with Gasteiger partial charge in [-0.25, -0.2) is 4.39 Å². The number of benzene rings is 2. The number of halogens is 2. The number of aliphatic hydroxyl groups is 1. The quantitative estimate of drug-likeness (QED) is 0.541. The number of aromatic nitrogens is 3. The summed E-state index contributed by atoms with van der Waals surface area (Å²) in [5, 5.41) is 19.2. The van der Waals surface area contributed by atoms with Crippen molar-refractivity contribution in [2.24, 2.45) is 0 Å². The van der Waals surface area contributed by atoms with Gasteiger partial charge in [0.25, 0.3) is 0 Å². The second-order valence-electron chi connectivity index (χ2n) is 9.51. The van der Waals surface area contributed by atoms with E-state index in [0.717, 1.165) is 35.9 Å². The minimum absolute atomic E-state index is 0.0584. The summed E-state index contributed by atoms with van der Waals surface area (Å²) in [5.41, 5.74) is 2.42. The summed E-state index contributed by atoms with van der Waals surface area (Å²) in [4.78, 5) is 2.21. The van der Waals surface area contributed by atoms with Gasteiger partial charge in [-0.3, -0.25) is 9.47 Å². The van der Waals surface area contributed by atoms with E-state index in [4.69, 9.17) is 16.3 Å². The van der Waals surface area contributed by atoms with Crippen LogP contribution in [0.1, 0.15) is 62.0 Å². The van der Waals surface area contributed by atoms with Crippen LogP contribution in [0.5, 0.6) is 5.75 Å². The number of ether oxygens (including phenoxy) is 1. The van der Waals surface area contributed by atoms with E-state index in [1.807, 2.05) is 30.3 Å². The average molecular weight is 485 g/mol. The van der Waals surface area contributed by atoms with Crippen molar-refractivity contribution in [1.29, 1.82) is 0 Å². The maximum absolute atomic E-state index is 14.8. The fourth-order valence-electron chi connectivity index (χ4n) is 5.18. The smallest absolute Gasteiger partial charge is 0.140 e. The van der Waals surface area contributed by atoms with Gasteiger partial charge in [-0.15, -0.1) is 10.2 Å². The molecule has 0 saturated carbocycles. The lowest BCUT2D eigenvalue weighted by Gasteiger charge is -2.30. The van der Waals surface area contributed by atoms with Crippen molar-refractivity contribution in [1.82, 2.24) is 19.7 Å². The first kappa shape index (κ1) is 23.3. The molecule has 8 heteroatoms. The Bertz CT molecular complexity index is 1180. The van der Waals surface area contributed by atoms with E-state index in [0.29, 0.717) is 35.7 Å². The van der Waals surface area contributed by atoms with Crippen LogP contribution in [0, 0.1) is 5.82 Å². The van der Waals surface area contributed by atoms with Gasteiger partial charge in [-0.1, -0.05) is 32.4 Å². The normalized spacial score (nSPS) is 22.5. The molecular weight excluding hydrogens is 455 g/mol. The summed E-state index contributed by atoms with van der Waals surface area (Å²) in [6.07, 6.45) is 1.31. The van der Waals surface area contributed by atoms with Crippen LogP contribution in [-0.4, -0.2) is 50.0 Å². The zero-order valence-electron chi connectivity index (χ0n) is 19.7. The van der Waals surface area contributed by atoms with Gasteiger partial charge in [0, 0.05) is 41.7 Å². The van der Waals surface area contributed by atoms with E-state index in [-0.39, 0.29) is 30.0 Å². The van der Waals surface area contributed by atoms with Crippen molar-refractivity contribution < 1.29 is 14.2 Å². The summed E-state index contributed by atoms with van der Waals surface area (Å²) in [6.45, 7) is 7.61. The number of hydrogen-bond acceptors (Lipinski definition) is 5. The van der Waals surface area contributed by atoms with E-state index in [2.05, 4.69) is 40.4 Å². The molecule has 2 aliphatic rings. The highest BCUT2D eigenvalue weighted by atomic mass is 35.5. The number of aryl methyl sites for hydroxylation is 1. The van der Waals surface area contributed by atoms with Gasteiger partial charge in [-0.05, 0) is 54.8 Å². The molecule has 2 aromatic carbocycles. The van der Waals surface area contributed by atoms with Crippen LogP contribution in [-0.2, 0) is 12.8 Å². The standard InChI is InChI=1S/C26H30ClFN4O2/c1-4-24-29-30-26(15(2)3)32(24)17-5-7-19(8-6-17)34-25-21-11-16(27)12-22(28)20(21)13-23(25)31-10-9-18(33)14-31/h5-8,11-12,15,18,23,25,33H,4,9-10,13-14H2,1-3H3/t18-,23+,25+/m1/s1. The molecule has 0 spiro atoms. The van der Waals surface area contributed by atoms with E-state index in [1.54, 1.807) is 0 Å². The zero-order valence-corrected chi connectivity index (χ0v) is 20.5. The van der Waals surface area contributed by atoms with Gasteiger partial charge < -0.3 is 9.84 Å². The third-order valence-corrected chi connectivity index (χ3v) is 7.09. The Morgan fingerprint density at radius 3 is 2.62 bits per heavy atom. The van der Waals surface area contributed by atoms with Crippen LogP contribution in [0.3, 0.4) is 0 Å². The van der Waals surface area contributed by atoms with E-state index in [1.165, 1.54) is 6.07 Å². The monoisotopic (exact) mass is 484 g/mol. The highest BCUT2D eigenvalue weighted by Gasteiger charge is 2.42. The summed E-state index contributed by atoms with van der Waals surface area (Å²) in [5.74, 6) is 2.49. The first-order valence-electron chi connectivity index (χ1n) is 12.0. The minimum Gasteiger partial charge on any atom is -0.484 e. The van der Waals surface area contributed by atoms with Crippen molar-refractivity contribution in [3.63, 3.8) is 0 Å². The predicted molar refractivity (Wildman–Crippen MR) is 129 cm³/mol.